The largest absolute Gasteiger partial charge is 0.494 e. The number of piperazine rings is 1. The summed E-state index contributed by atoms with van der Waals surface area (Å²) in [6.45, 7) is 13.7. The van der Waals surface area contributed by atoms with Crippen LogP contribution >= 0.6 is 11.6 Å². The monoisotopic (exact) mass is 836 g/mol. The van der Waals surface area contributed by atoms with Crippen LogP contribution in [0.2, 0.25) is 5.02 Å². The Bertz CT molecular complexity index is 2320. The maximum atomic E-state index is 13.5. The molecule has 1 aromatic heterocycles. The minimum Gasteiger partial charge on any atom is -0.494 e. The van der Waals surface area contributed by atoms with Crippen LogP contribution in [0.25, 0.3) is 11.4 Å². The van der Waals surface area contributed by atoms with Gasteiger partial charge in [0, 0.05) is 79.4 Å². The number of hydrogen-bond donors (Lipinski definition) is 2. The van der Waals surface area contributed by atoms with Crippen LogP contribution in [0.1, 0.15) is 81.8 Å². The molecule has 3 aliphatic rings. The molecule has 0 spiro atoms. The van der Waals surface area contributed by atoms with Crippen molar-refractivity contribution in [1.82, 2.24) is 29.9 Å². The van der Waals surface area contributed by atoms with Gasteiger partial charge in [0.25, 0.3) is 11.8 Å². The fourth-order valence-corrected chi connectivity index (χ4v) is 9.43. The first-order valence-corrected chi connectivity index (χ1v) is 21.0. The van der Waals surface area contributed by atoms with Crippen LogP contribution in [0.15, 0.2) is 71.5 Å². The number of rotatable bonds is 14. The third-order valence-corrected chi connectivity index (χ3v) is 12.6. The SMILES string of the molecule is Cn1c(-c2cccc(OCCCCCN3CCN(c4ccc(C(=O)N[C@H]5C(C)(C)[C@H](Oc6ccc(C#N)c(Cl)c6)C5(C)C)cc4)CC3)c2)nn(C2CCC(=O)NC2=O)c1=O. The number of halogens is 1. The number of nitrogens with one attached hydrogen (secondary N) is 2. The van der Waals surface area contributed by atoms with Crippen molar-refractivity contribution in [2.24, 2.45) is 17.9 Å². The molecule has 0 radical (unpaired) electrons. The number of ether oxygens (including phenoxy) is 2. The Morgan fingerprint density at radius 2 is 1.68 bits per heavy atom. The van der Waals surface area contributed by atoms with E-state index in [0.29, 0.717) is 45.6 Å². The number of nitrogens with zero attached hydrogens (tertiary/aromatic N) is 6. The lowest BCUT2D eigenvalue weighted by Gasteiger charge is -2.63. The Labute approximate surface area is 355 Å². The van der Waals surface area contributed by atoms with Crippen molar-refractivity contribution >= 4 is 35.0 Å². The maximum absolute atomic E-state index is 13.5. The lowest BCUT2D eigenvalue weighted by Crippen LogP contribution is -2.74. The van der Waals surface area contributed by atoms with E-state index in [0.717, 1.165) is 62.4 Å². The summed E-state index contributed by atoms with van der Waals surface area (Å²) in [5.74, 6) is 0.729. The molecule has 3 heterocycles. The molecule has 0 bridgehead atoms. The number of benzene rings is 3. The minimum absolute atomic E-state index is 0.110. The summed E-state index contributed by atoms with van der Waals surface area (Å²) in [6, 6.07) is 21.5. The molecule has 1 atom stereocenters. The molecule has 316 valence electrons. The second-order valence-electron chi connectivity index (χ2n) is 17.2. The third kappa shape index (κ3) is 8.79. The molecule has 1 saturated carbocycles. The first-order valence-electron chi connectivity index (χ1n) is 20.6. The second kappa shape index (κ2) is 17.5. The van der Waals surface area contributed by atoms with Crippen molar-refractivity contribution in [3.63, 3.8) is 0 Å². The van der Waals surface area contributed by atoms with Gasteiger partial charge in [-0.2, -0.15) is 5.26 Å². The molecule has 2 saturated heterocycles. The van der Waals surface area contributed by atoms with Gasteiger partial charge in [0.1, 0.15) is 29.7 Å². The van der Waals surface area contributed by atoms with Crippen molar-refractivity contribution in [1.29, 1.82) is 5.26 Å². The van der Waals surface area contributed by atoms with Crippen LogP contribution in [-0.4, -0.2) is 88.4 Å². The zero-order valence-corrected chi connectivity index (χ0v) is 35.6. The highest BCUT2D eigenvalue weighted by atomic mass is 35.5. The quantitative estimate of drug-likeness (QED) is 0.118. The molecule has 14 nitrogen and oxygen atoms in total. The molecule has 7 rings (SSSR count). The molecular formula is C45H53ClN8O6. The molecule has 3 amide bonds. The molecular weight excluding hydrogens is 784 g/mol. The van der Waals surface area contributed by atoms with Gasteiger partial charge in [-0.25, -0.2) is 9.48 Å². The molecule has 3 aromatic carbocycles. The van der Waals surface area contributed by atoms with Crippen molar-refractivity contribution in [3.05, 3.63) is 93.4 Å². The van der Waals surface area contributed by atoms with Crippen LogP contribution in [0, 0.1) is 22.2 Å². The molecule has 3 fully saturated rings. The Hall–Kier alpha value is -5.65. The number of aromatic nitrogens is 3. The number of nitriles is 1. The Kier molecular flexibility index (Phi) is 12.4. The summed E-state index contributed by atoms with van der Waals surface area (Å²) in [6.07, 6.45) is 3.22. The smallest absolute Gasteiger partial charge is 0.346 e. The second-order valence-corrected chi connectivity index (χ2v) is 17.6. The number of carbonyl (C=O) groups is 3. The van der Waals surface area contributed by atoms with E-state index < -0.39 is 17.6 Å². The molecule has 2 N–H and O–H groups in total. The topological polar surface area (TPSA) is 164 Å². The molecule has 1 aliphatic carbocycles. The van der Waals surface area contributed by atoms with Gasteiger partial charge in [-0.1, -0.05) is 51.4 Å². The number of carbonyl (C=O) groups excluding carboxylic acids is 3. The molecule has 60 heavy (non-hydrogen) atoms. The molecule has 15 heteroatoms. The molecule has 4 aromatic rings. The van der Waals surface area contributed by atoms with E-state index in [9.17, 15) is 24.4 Å². The first kappa shape index (κ1) is 42.5. The number of unbranched alkanes of at least 4 members (excludes halogenated alkanes) is 2. The summed E-state index contributed by atoms with van der Waals surface area (Å²) in [5.41, 5.74) is 1.72. The summed E-state index contributed by atoms with van der Waals surface area (Å²) >= 11 is 6.25. The van der Waals surface area contributed by atoms with E-state index in [2.05, 4.69) is 59.3 Å². The number of hydrogen-bond acceptors (Lipinski definition) is 10. The van der Waals surface area contributed by atoms with Gasteiger partial charge in [-0.3, -0.25) is 29.2 Å². The fraction of sp³-hybridized carbons (Fsp3) is 0.467. The predicted molar refractivity (Wildman–Crippen MR) is 228 cm³/mol. The number of anilines is 1. The van der Waals surface area contributed by atoms with Crippen molar-refractivity contribution in [2.75, 3.05) is 44.2 Å². The van der Waals surface area contributed by atoms with E-state index >= 15 is 0 Å². The van der Waals surface area contributed by atoms with Crippen molar-refractivity contribution < 1.29 is 23.9 Å². The Morgan fingerprint density at radius 1 is 0.950 bits per heavy atom. The highest BCUT2D eigenvalue weighted by Gasteiger charge is 2.64. The third-order valence-electron chi connectivity index (χ3n) is 12.3. The number of imide groups is 1. The van der Waals surface area contributed by atoms with E-state index in [-0.39, 0.29) is 47.6 Å². The normalized spacial score (nSPS) is 21.1. The number of amides is 3. The standard InChI is InChI=1S/C45H53ClN8O6/c1-44(2)41(45(3,4)42(44)60-34-17-14-31(28-47)35(46)27-34)49-39(56)29-12-15-32(16-13-29)53-23-21-52(22-24-53)20-7-6-8-25-59-33-11-9-10-30(26-33)38-50-54(43(58)51(38)5)36-18-19-37(55)48-40(36)57/h9-17,26-27,36,41-42H,6-8,18-25H2,1-5H3,(H,49,56)(H,48,55,57)/t36?,41-,42-. The van der Waals surface area contributed by atoms with Crippen LogP contribution in [0.4, 0.5) is 5.69 Å². The van der Waals surface area contributed by atoms with E-state index in [1.165, 1.54) is 4.57 Å². The Balaban J connectivity index is 0.815. The molecule has 1 unspecified atom stereocenters. The van der Waals surface area contributed by atoms with Gasteiger partial charge in [-0.15, -0.1) is 5.10 Å². The number of piperidine rings is 1. The minimum atomic E-state index is -0.821. The van der Waals surface area contributed by atoms with Gasteiger partial charge in [0.05, 0.1) is 17.2 Å². The maximum Gasteiger partial charge on any atom is 0.346 e. The Morgan fingerprint density at radius 3 is 2.37 bits per heavy atom. The van der Waals surface area contributed by atoms with Crippen molar-refractivity contribution in [2.45, 2.75) is 78.0 Å². The van der Waals surface area contributed by atoms with Gasteiger partial charge in [0.2, 0.25) is 5.91 Å². The van der Waals surface area contributed by atoms with Crippen LogP contribution in [0.3, 0.4) is 0 Å². The van der Waals surface area contributed by atoms with Crippen LogP contribution in [0.5, 0.6) is 11.5 Å². The zero-order valence-electron chi connectivity index (χ0n) is 34.9. The van der Waals surface area contributed by atoms with E-state index in [4.69, 9.17) is 21.1 Å². The summed E-state index contributed by atoms with van der Waals surface area (Å²) in [7, 11) is 1.61. The van der Waals surface area contributed by atoms with Crippen LogP contribution in [-0.2, 0) is 16.6 Å². The zero-order chi connectivity index (χ0) is 42.8. The fourth-order valence-electron chi connectivity index (χ4n) is 9.22. The summed E-state index contributed by atoms with van der Waals surface area (Å²) in [5, 5.41) is 19.6. The lowest BCUT2D eigenvalue weighted by molar-refractivity contribution is -0.164. The average Bonchev–Trinajstić information content (AvgIpc) is 3.53. The lowest BCUT2D eigenvalue weighted by atomic mass is 9.49. The van der Waals surface area contributed by atoms with Gasteiger partial charge in [-0.05, 0) is 80.8 Å². The first-order chi connectivity index (χ1) is 28.7. The van der Waals surface area contributed by atoms with Crippen LogP contribution < -0.4 is 30.7 Å². The van der Waals surface area contributed by atoms with Gasteiger partial charge < -0.3 is 19.7 Å². The highest BCUT2D eigenvalue weighted by molar-refractivity contribution is 6.31. The highest BCUT2D eigenvalue weighted by Crippen LogP contribution is 2.55. The predicted octanol–water partition coefficient (Wildman–Crippen LogP) is 5.73. The summed E-state index contributed by atoms with van der Waals surface area (Å²) < 4.78 is 15.0. The summed E-state index contributed by atoms with van der Waals surface area (Å²) in [4.78, 5) is 55.2. The van der Waals surface area contributed by atoms with Crippen molar-refractivity contribution in [3.8, 4) is 29.0 Å². The van der Waals surface area contributed by atoms with Gasteiger partial charge >= 0.3 is 5.69 Å². The average molecular weight is 837 g/mol. The van der Waals surface area contributed by atoms with E-state index in [1.54, 1.807) is 25.2 Å². The van der Waals surface area contributed by atoms with E-state index in [1.807, 2.05) is 48.5 Å². The molecule has 2 aliphatic heterocycles. The van der Waals surface area contributed by atoms with Gasteiger partial charge in [0.15, 0.2) is 5.82 Å².